The van der Waals surface area contributed by atoms with Gasteiger partial charge in [0.25, 0.3) is 0 Å². The molecule has 0 aromatic carbocycles. The van der Waals surface area contributed by atoms with Crippen molar-refractivity contribution in [1.82, 2.24) is 23.8 Å². The zero-order valence-corrected chi connectivity index (χ0v) is 12.9. The van der Waals surface area contributed by atoms with E-state index in [1.807, 2.05) is 11.6 Å². The quantitative estimate of drug-likeness (QED) is 0.771. The first-order chi connectivity index (χ1) is 9.98. The first-order valence-electron chi connectivity index (χ1n) is 6.44. The Labute approximate surface area is 127 Å². The van der Waals surface area contributed by atoms with Gasteiger partial charge in [-0.15, -0.1) is 0 Å². The van der Waals surface area contributed by atoms with Crippen molar-refractivity contribution in [3.63, 3.8) is 0 Å². The molecule has 0 atom stereocenters. The second-order valence-electron chi connectivity index (χ2n) is 4.92. The van der Waals surface area contributed by atoms with Gasteiger partial charge in [-0.2, -0.15) is 4.31 Å². The van der Waals surface area contributed by atoms with E-state index < -0.39 is 10.0 Å². The molecule has 1 saturated carbocycles. The highest BCUT2D eigenvalue weighted by Crippen LogP contribution is 2.33. The molecular formula is C12H14ClN5O2S. The van der Waals surface area contributed by atoms with Crippen LogP contribution < -0.4 is 0 Å². The highest BCUT2D eigenvalue weighted by Gasteiger charge is 2.39. The van der Waals surface area contributed by atoms with Crippen molar-refractivity contribution in [3.8, 4) is 0 Å². The Hall–Kier alpha value is -1.51. The lowest BCUT2D eigenvalue weighted by molar-refractivity contribution is 0.385. The van der Waals surface area contributed by atoms with Gasteiger partial charge in [-0.1, -0.05) is 0 Å². The molecule has 0 unspecified atom stereocenters. The molecule has 2 aromatic rings. The molecular weight excluding hydrogens is 314 g/mol. The van der Waals surface area contributed by atoms with Crippen LogP contribution in [0.5, 0.6) is 0 Å². The summed E-state index contributed by atoms with van der Waals surface area (Å²) < 4.78 is 28.7. The van der Waals surface area contributed by atoms with Crippen molar-refractivity contribution in [2.75, 3.05) is 0 Å². The summed E-state index contributed by atoms with van der Waals surface area (Å²) in [5.74, 6) is 0.695. The minimum absolute atomic E-state index is 0.0161. The van der Waals surface area contributed by atoms with Crippen molar-refractivity contribution in [3.05, 3.63) is 35.9 Å². The third-order valence-electron chi connectivity index (χ3n) is 3.38. The smallest absolute Gasteiger partial charge is 0.246 e. The molecule has 1 aliphatic rings. The molecule has 0 radical (unpaired) electrons. The highest BCUT2D eigenvalue weighted by atomic mass is 35.5. The number of nitrogens with zero attached hydrogens (tertiary/aromatic N) is 5. The van der Waals surface area contributed by atoms with Crippen LogP contribution in [-0.4, -0.2) is 38.3 Å². The maximum absolute atomic E-state index is 12.7. The summed E-state index contributed by atoms with van der Waals surface area (Å²) in [6.07, 6.45) is 7.63. The standard InChI is InChI=1S/C12H14ClN5O2S/c1-17-5-4-14-11(17)8-18(9-2-3-9)21(19,20)10-6-15-12(13)16-7-10/h4-7,9H,2-3,8H2,1H3. The molecule has 3 rings (SSSR count). The van der Waals surface area contributed by atoms with Crippen molar-refractivity contribution < 1.29 is 8.42 Å². The summed E-state index contributed by atoms with van der Waals surface area (Å²) in [4.78, 5) is 11.7. The van der Waals surface area contributed by atoms with E-state index >= 15 is 0 Å². The second-order valence-corrected chi connectivity index (χ2v) is 7.15. The molecule has 2 aromatic heterocycles. The molecule has 0 amide bonds. The zero-order valence-electron chi connectivity index (χ0n) is 11.3. The van der Waals surface area contributed by atoms with Gasteiger partial charge >= 0.3 is 0 Å². The summed E-state index contributed by atoms with van der Waals surface area (Å²) in [5, 5.41) is 0.0241. The molecule has 112 valence electrons. The van der Waals surface area contributed by atoms with Crippen molar-refractivity contribution in [2.24, 2.45) is 7.05 Å². The minimum atomic E-state index is -3.65. The molecule has 1 fully saturated rings. The fourth-order valence-electron chi connectivity index (χ4n) is 2.03. The molecule has 0 spiro atoms. The first kappa shape index (κ1) is 14.4. The summed E-state index contributed by atoms with van der Waals surface area (Å²) in [6, 6.07) is 0.0161. The predicted octanol–water partition coefficient (Wildman–Crippen LogP) is 1.22. The zero-order chi connectivity index (χ0) is 15.0. The van der Waals surface area contributed by atoms with Gasteiger partial charge in [0, 0.05) is 25.5 Å². The monoisotopic (exact) mass is 327 g/mol. The van der Waals surface area contributed by atoms with Crippen molar-refractivity contribution in [1.29, 1.82) is 0 Å². The number of sulfonamides is 1. The van der Waals surface area contributed by atoms with Crippen LogP contribution in [0, 0.1) is 0 Å². The normalized spacial score (nSPS) is 15.6. The second kappa shape index (κ2) is 5.36. The van der Waals surface area contributed by atoms with Gasteiger partial charge in [-0.25, -0.2) is 23.4 Å². The molecule has 0 N–H and O–H groups in total. The van der Waals surface area contributed by atoms with E-state index in [0.29, 0.717) is 5.82 Å². The molecule has 21 heavy (non-hydrogen) atoms. The number of hydrogen-bond donors (Lipinski definition) is 0. The maximum atomic E-state index is 12.7. The summed E-state index contributed by atoms with van der Waals surface area (Å²) in [6.45, 7) is 0.235. The Morgan fingerprint density at radius 1 is 1.33 bits per heavy atom. The van der Waals surface area contributed by atoms with Gasteiger partial charge in [0.15, 0.2) is 0 Å². The van der Waals surface area contributed by atoms with E-state index in [2.05, 4.69) is 15.0 Å². The Morgan fingerprint density at radius 2 is 2.00 bits per heavy atom. The summed E-state index contributed by atoms with van der Waals surface area (Å²) in [5.41, 5.74) is 0. The average Bonchev–Trinajstić information content (AvgIpc) is 3.20. The lowest BCUT2D eigenvalue weighted by atomic mass is 10.5. The van der Waals surface area contributed by atoms with E-state index in [1.165, 1.54) is 16.7 Å². The Balaban J connectivity index is 1.93. The van der Waals surface area contributed by atoms with Crippen LogP contribution in [0.3, 0.4) is 0 Å². The van der Waals surface area contributed by atoms with Crippen LogP contribution in [0.4, 0.5) is 0 Å². The van der Waals surface area contributed by atoms with E-state index in [4.69, 9.17) is 11.6 Å². The maximum Gasteiger partial charge on any atom is 0.246 e. The highest BCUT2D eigenvalue weighted by molar-refractivity contribution is 7.89. The third-order valence-corrected chi connectivity index (χ3v) is 5.42. The lowest BCUT2D eigenvalue weighted by Crippen LogP contribution is -2.33. The minimum Gasteiger partial charge on any atom is -0.337 e. The van der Waals surface area contributed by atoms with E-state index in [1.54, 1.807) is 12.4 Å². The van der Waals surface area contributed by atoms with Crippen molar-refractivity contribution >= 4 is 21.6 Å². The Kier molecular flexibility index (Phi) is 3.68. The van der Waals surface area contributed by atoms with E-state index in [9.17, 15) is 8.42 Å². The molecule has 2 heterocycles. The lowest BCUT2D eigenvalue weighted by Gasteiger charge is -2.21. The van der Waals surface area contributed by atoms with Crippen molar-refractivity contribution in [2.45, 2.75) is 30.3 Å². The number of halogens is 1. The fraction of sp³-hybridized carbons (Fsp3) is 0.417. The van der Waals surface area contributed by atoms with Crippen LogP contribution in [0.2, 0.25) is 5.28 Å². The molecule has 1 aliphatic carbocycles. The molecule has 9 heteroatoms. The largest absolute Gasteiger partial charge is 0.337 e. The third kappa shape index (κ3) is 2.92. The van der Waals surface area contributed by atoms with E-state index in [-0.39, 0.29) is 22.8 Å². The van der Waals surface area contributed by atoms with E-state index in [0.717, 1.165) is 12.8 Å². The van der Waals surface area contributed by atoms with Gasteiger partial charge in [0.2, 0.25) is 15.3 Å². The molecule has 0 aliphatic heterocycles. The fourth-order valence-corrected chi connectivity index (χ4v) is 3.66. The van der Waals surface area contributed by atoms with Crippen LogP contribution in [0.15, 0.2) is 29.7 Å². The summed E-state index contributed by atoms with van der Waals surface area (Å²) >= 11 is 5.61. The molecule has 7 nitrogen and oxygen atoms in total. The molecule has 0 saturated heterocycles. The Morgan fingerprint density at radius 3 is 2.52 bits per heavy atom. The van der Waals surface area contributed by atoms with Gasteiger partial charge in [-0.3, -0.25) is 0 Å². The van der Waals surface area contributed by atoms with Crippen LogP contribution in [0.25, 0.3) is 0 Å². The number of rotatable bonds is 5. The predicted molar refractivity (Wildman–Crippen MR) is 76.0 cm³/mol. The Bertz CT molecular complexity index is 739. The number of aryl methyl sites for hydroxylation is 1. The molecule has 0 bridgehead atoms. The van der Waals surface area contributed by atoms with Crippen LogP contribution in [-0.2, 0) is 23.6 Å². The number of aromatic nitrogens is 4. The van der Waals surface area contributed by atoms with Gasteiger partial charge in [0.05, 0.1) is 18.9 Å². The summed E-state index contributed by atoms with van der Waals surface area (Å²) in [7, 11) is -1.81. The average molecular weight is 328 g/mol. The van der Waals surface area contributed by atoms with Crippen LogP contribution >= 0.6 is 11.6 Å². The van der Waals surface area contributed by atoms with Crippen LogP contribution in [0.1, 0.15) is 18.7 Å². The topological polar surface area (TPSA) is 81.0 Å². The van der Waals surface area contributed by atoms with Gasteiger partial charge in [0.1, 0.15) is 10.7 Å². The number of hydrogen-bond acceptors (Lipinski definition) is 5. The SMILES string of the molecule is Cn1ccnc1CN(C1CC1)S(=O)(=O)c1cnc(Cl)nc1. The van der Waals surface area contributed by atoms with Gasteiger partial charge in [-0.05, 0) is 24.4 Å². The van der Waals surface area contributed by atoms with Gasteiger partial charge < -0.3 is 4.57 Å². The first-order valence-corrected chi connectivity index (χ1v) is 8.26. The number of imidazole rings is 1.